The summed E-state index contributed by atoms with van der Waals surface area (Å²) in [4.78, 5) is 37.8. The fraction of sp³-hybridized carbons (Fsp3) is 0. The van der Waals surface area contributed by atoms with E-state index in [1.54, 1.807) is 17.5 Å². The van der Waals surface area contributed by atoms with Crippen molar-refractivity contribution in [1.82, 2.24) is 9.97 Å². The first-order valence-corrected chi connectivity index (χ1v) is 15.9. The number of nitrogens with two attached hydrogens (primary N) is 9. The van der Waals surface area contributed by atoms with Gasteiger partial charge in [0.2, 0.25) is 0 Å². The van der Waals surface area contributed by atoms with Gasteiger partial charge in [0.25, 0.3) is 17.1 Å². The summed E-state index contributed by atoms with van der Waals surface area (Å²) >= 11 is 3.21. The van der Waals surface area contributed by atoms with Gasteiger partial charge >= 0.3 is 0 Å². The van der Waals surface area contributed by atoms with Crippen LogP contribution in [-0.2, 0) is 0 Å². The summed E-state index contributed by atoms with van der Waals surface area (Å²) in [6.45, 7) is 0. The first kappa shape index (κ1) is 38.3. The van der Waals surface area contributed by atoms with E-state index in [0.29, 0.717) is 49.9 Å². The predicted molar refractivity (Wildman–Crippen MR) is 203 cm³/mol. The second kappa shape index (κ2) is 16.3. The lowest BCUT2D eigenvalue weighted by atomic mass is 10.2. The van der Waals surface area contributed by atoms with Crippen LogP contribution in [0.15, 0.2) is 59.5 Å². The third-order valence-electron chi connectivity index (χ3n) is 6.18. The molecule has 0 saturated heterocycles. The van der Waals surface area contributed by atoms with Crippen LogP contribution in [0.2, 0.25) is 0 Å². The topological polar surface area (TPSA) is 413 Å². The molecule has 24 heteroatoms. The second-order valence-corrected chi connectivity index (χ2v) is 12.4. The lowest BCUT2D eigenvalue weighted by Crippen LogP contribution is -2.00. The quantitative estimate of drug-likeness (QED) is 0.0393. The minimum atomic E-state index is -0.615. The number of hydrogen-bond acceptors (Lipinski definition) is 21. The number of hydrogen-bond donors (Lipinski definition) is 9. The molecule has 6 aromatic rings. The van der Waals surface area contributed by atoms with Gasteiger partial charge in [-0.3, -0.25) is 30.3 Å². The highest BCUT2D eigenvalue weighted by molar-refractivity contribution is 8.04. The zero-order valence-corrected chi connectivity index (χ0v) is 28.2. The van der Waals surface area contributed by atoms with Crippen LogP contribution in [0.5, 0.6) is 0 Å². The smallest absolute Gasteiger partial charge is 0.296 e. The maximum absolute atomic E-state index is 10.6. The van der Waals surface area contributed by atoms with Crippen LogP contribution in [-0.4, -0.2) is 24.7 Å². The lowest BCUT2D eigenvalue weighted by Gasteiger charge is -2.04. The number of aromatic nitrogens is 2. The average Bonchev–Trinajstić information content (AvgIpc) is 3.65. The molecule has 0 aliphatic carbocycles. The number of nitrogen functional groups attached to an aromatic ring is 9. The van der Waals surface area contributed by atoms with E-state index >= 15 is 0 Å². The van der Waals surface area contributed by atoms with Gasteiger partial charge in [0, 0.05) is 29.6 Å². The third kappa shape index (κ3) is 9.29. The highest BCUT2D eigenvalue weighted by atomic mass is 32.2. The number of benzene rings is 4. The van der Waals surface area contributed by atoms with E-state index in [2.05, 4.69) is 9.97 Å². The number of anilines is 9. The van der Waals surface area contributed by atoms with Crippen molar-refractivity contribution in [2.75, 3.05) is 51.6 Å². The molecule has 2 heterocycles. The van der Waals surface area contributed by atoms with Crippen molar-refractivity contribution in [2.45, 2.75) is 4.90 Å². The first-order chi connectivity index (χ1) is 24.0. The van der Waals surface area contributed by atoms with Gasteiger partial charge in [-0.25, -0.2) is 9.97 Å². The van der Waals surface area contributed by atoms with Crippen LogP contribution in [0.25, 0.3) is 20.4 Å². The summed E-state index contributed by atoms with van der Waals surface area (Å²) in [7, 11) is 0. The van der Waals surface area contributed by atoms with Gasteiger partial charge in [-0.15, -0.1) is 0 Å². The molecule has 0 fully saturated rings. The molecule has 0 aliphatic heterocycles. The molecule has 18 N–H and O–H groups in total. The Hall–Kier alpha value is -7.10. The van der Waals surface area contributed by atoms with Crippen molar-refractivity contribution in [2.24, 2.45) is 0 Å². The Balaban J connectivity index is 0.000000184. The molecule has 4 aromatic carbocycles. The Morgan fingerprint density at radius 3 is 1.55 bits per heavy atom. The Morgan fingerprint density at radius 1 is 0.588 bits per heavy atom. The molecule has 0 amide bonds. The number of thioether (sulfide) groups is 1. The SMILES string of the molecule is N#CSc1c(N)ccc([N+](=O)[O-])c1N.Nc1ccc([N+](=O)[O-])c(N)c1.Nc1nc2c(N)ccc(N)c2s1.Nc1nc2c([N+](=O)[O-])ccc(N)c2s1. The van der Waals surface area contributed by atoms with Crippen molar-refractivity contribution in [3.05, 3.63) is 84.9 Å². The summed E-state index contributed by atoms with van der Waals surface area (Å²) < 4.78 is 1.43. The number of thiazole rings is 2. The van der Waals surface area contributed by atoms with Crippen molar-refractivity contribution >= 4 is 122 Å². The first-order valence-electron chi connectivity index (χ1n) is 13.4. The normalized spacial score (nSPS) is 10.0. The second-order valence-electron chi connectivity index (χ2n) is 9.58. The maximum atomic E-state index is 10.6. The molecule has 6 rings (SSSR count). The lowest BCUT2D eigenvalue weighted by molar-refractivity contribution is -0.384. The standard InChI is InChI=1S/2C7H6N4O2S.C7H8N4S.C6H7N3O2/c8-3-1-2-4(11(12)13)5-6(3)14-7(9)10-5;8-3-14-7-4(9)1-2-5(6(7)10)11(12)13;8-3-1-2-4(9)6-5(3)11-7(10)12-6;7-4-1-2-6(9(10)11)5(8)3-4/h1-2H,8H2,(H2,9,10);1-2H,9-10H2;1-2H,8-9H2,(H2,10,11);1-3H,7-8H2. The molecular formula is C27H27N15O6S3. The largest absolute Gasteiger partial charge is 0.399 e. The van der Waals surface area contributed by atoms with Crippen molar-refractivity contribution in [3.63, 3.8) is 0 Å². The summed E-state index contributed by atoms with van der Waals surface area (Å²) in [5, 5.41) is 42.3. The average molecular weight is 754 g/mol. The number of nitro groups is 3. The number of fused-ring (bicyclic) bond motifs is 2. The van der Waals surface area contributed by atoms with E-state index in [9.17, 15) is 30.3 Å². The summed E-state index contributed by atoms with van der Waals surface area (Å²) in [5.41, 5.74) is 52.6. The van der Waals surface area contributed by atoms with E-state index in [-0.39, 0.29) is 49.7 Å². The van der Waals surface area contributed by atoms with Gasteiger partial charge in [0.1, 0.15) is 22.3 Å². The minimum absolute atomic E-state index is 0.0675. The molecule has 0 unspecified atom stereocenters. The molecule has 51 heavy (non-hydrogen) atoms. The monoisotopic (exact) mass is 753 g/mol. The van der Waals surface area contributed by atoms with E-state index in [4.69, 9.17) is 56.9 Å². The van der Waals surface area contributed by atoms with E-state index in [1.807, 2.05) is 0 Å². The van der Waals surface area contributed by atoms with Crippen LogP contribution in [0.1, 0.15) is 0 Å². The minimum Gasteiger partial charge on any atom is -0.399 e. The number of nitriles is 1. The van der Waals surface area contributed by atoms with Crippen LogP contribution in [0, 0.1) is 41.0 Å². The molecule has 0 aliphatic rings. The van der Waals surface area contributed by atoms with Crippen LogP contribution < -0.4 is 51.6 Å². The van der Waals surface area contributed by atoms with Crippen molar-refractivity contribution in [3.8, 4) is 5.40 Å². The molecule has 0 bridgehead atoms. The fourth-order valence-electron chi connectivity index (χ4n) is 3.90. The zero-order chi connectivity index (χ0) is 38.2. The van der Waals surface area contributed by atoms with E-state index in [0.717, 1.165) is 16.0 Å². The Morgan fingerprint density at radius 2 is 1.04 bits per heavy atom. The van der Waals surface area contributed by atoms with Crippen molar-refractivity contribution < 1.29 is 14.8 Å². The Bertz CT molecular complexity index is 2290. The van der Waals surface area contributed by atoms with Gasteiger partial charge in [-0.05, 0) is 48.2 Å². The Labute approximate surface area is 298 Å². The van der Waals surface area contributed by atoms with E-state index < -0.39 is 14.8 Å². The number of nitro benzene ring substituents is 3. The van der Waals surface area contributed by atoms with Gasteiger partial charge in [-0.2, -0.15) is 5.26 Å². The number of non-ortho nitro benzene ring substituents is 1. The molecule has 2 aromatic heterocycles. The predicted octanol–water partition coefficient (Wildman–Crippen LogP) is 4.50. The summed E-state index contributed by atoms with van der Waals surface area (Å²) in [6, 6.07) is 13.0. The summed E-state index contributed by atoms with van der Waals surface area (Å²) in [6.07, 6.45) is 0. The van der Waals surface area contributed by atoms with Gasteiger partial charge in [-0.1, -0.05) is 22.7 Å². The highest BCUT2D eigenvalue weighted by Gasteiger charge is 2.18. The molecular weight excluding hydrogens is 727 g/mol. The van der Waals surface area contributed by atoms with Gasteiger partial charge < -0.3 is 51.6 Å². The molecule has 0 saturated carbocycles. The van der Waals surface area contributed by atoms with Gasteiger partial charge in [0.05, 0.1) is 46.1 Å². The zero-order valence-electron chi connectivity index (χ0n) is 25.7. The number of rotatable bonds is 4. The molecule has 21 nitrogen and oxygen atoms in total. The van der Waals surface area contributed by atoms with Crippen molar-refractivity contribution in [1.29, 1.82) is 5.26 Å². The van der Waals surface area contributed by atoms with Crippen LogP contribution in [0.4, 0.5) is 67.1 Å². The van der Waals surface area contributed by atoms with Gasteiger partial charge in [0.15, 0.2) is 15.8 Å². The fourth-order valence-corrected chi connectivity index (χ4v) is 5.97. The number of nitrogens with zero attached hydrogens (tertiary/aromatic N) is 6. The molecule has 0 atom stereocenters. The van der Waals surface area contributed by atoms with Crippen LogP contribution >= 0.6 is 34.4 Å². The highest BCUT2D eigenvalue weighted by Crippen LogP contribution is 2.37. The molecule has 264 valence electrons. The van der Waals surface area contributed by atoms with Crippen LogP contribution in [0.3, 0.4) is 0 Å². The third-order valence-corrected chi connectivity index (χ3v) is 8.80. The Kier molecular flexibility index (Phi) is 12.3. The summed E-state index contributed by atoms with van der Waals surface area (Å²) in [5.74, 6) is 0. The number of thiocyanates is 1. The van der Waals surface area contributed by atoms with E-state index in [1.165, 1.54) is 53.8 Å². The molecule has 0 spiro atoms. The maximum Gasteiger partial charge on any atom is 0.296 e. The molecule has 0 radical (unpaired) electrons.